The maximum Gasteiger partial charge on any atom is 0.419 e. The van der Waals surface area contributed by atoms with Gasteiger partial charge in [0.2, 0.25) is 5.91 Å². The van der Waals surface area contributed by atoms with Gasteiger partial charge in [-0.15, -0.1) is 0 Å². The first kappa shape index (κ1) is 24.6. The minimum absolute atomic E-state index is 0.0257. The SMILES string of the molecule is C=C1N(c2cnc(C#N)c(C(F)(F)F)c2)C(=O)C2(CCC2)N1c1ccc(OC2CCN(C)C(=O)C2)cc1. The quantitative estimate of drug-likeness (QED) is 0.611. The number of nitrogens with zero attached hydrogens (tertiary/aromatic N) is 5. The first-order valence-electron chi connectivity index (χ1n) is 11.9. The predicted molar refractivity (Wildman–Crippen MR) is 127 cm³/mol. The van der Waals surface area contributed by atoms with Crippen molar-refractivity contribution in [3.05, 3.63) is 60.2 Å². The highest BCUT2D eigenvalue weighted by Gasteiger charge is 2.59. The Balaban J connectivity index is 1.43. The number of carbonyl (C=O) groups is 2. The van der Waals surface area contributed by atoms with Gasteiger partial charge in [-0.1, -0.05) is 6.58 Å². The molecule has 5 rings (SSSR count). The smallest absolute Gasteiger partial charge is 0.419 e. The van der Waals surface area contributed by atoms with E-state index in [0.717, 1.165) is 30.0 Å². The fourth-order valence-corrected chi connectivity index (χ4v) is 5.14. The summed E-state index contributed by atoms with van der Waals surface area (Å²) >= 11 is 0. The van der Waals surface area contributed by atoms with Gasteiger partial charge in [-0.25, -0.2) is 4.98 Å². The molecule has 37 heavy (non-hydrogen) atoms. The first-order chi connectivity index (χ1) is 17.5. The number of hydrogen-bond acceptors (Lipinski definition) is 6. The molecule has 1 aliphatic carbocycles. The lowest BCUT2D eigenvalue weighted by molar-refractivity contribution is -0.138. The average molecular weight is 512 g/mol. The first-order valence-corrected chi connectivity index (χ1v) is 11.9. The number of nitriles is 1. The molecule has 3 heterocycles. The van der Waals surface area contributed by atoms with Gasteiger partial charge in [-0.2, -0.15) is 18.4 Å². The van der Waals surface area contributed by atoms with Crippen LogP contribution in [0.2, 0.25) is 0 Å². The zero-order valence-electron chi connectivity index (χ0n) is 20.1. The van der Waals surface area contributed by atoms with Gasteiger partial charge in [-0.05, 0) is 49.6 Å². The highest BCUT2D eigenvalue weighted by Crippen LogP contribution is 2.50. The van der Waals surface area contributed by atoms with Crippen molar-refractivity contribution in [1.82, 2.24) is 9.88 Å². The number of carbonyl (C=O) groups excluding carboxylic acids is 2. The van der Waals surface area contributed by atoms with E-state index in [1.54, 1.807) is 41.1 Å². The molecule has 8 nitrogen and oxygen atoms in total. The summed E-state index contributed by atoms with van der Waals surface area (Å²) in [5, 5.41) is 9.07. The fraction of sp³-hybridized carbons (Fsp3) is 0.385. The van der Waals surface area contributed by atoms with Crippen molar-refractivity contribution in [2.75, 3.05) is 23.4 Å². The van der Waals surface area contributed by atoms with Crippen LogP contribution in [0, 0.1) is 11.3 Å². The number of benzene rings is 1. The third-order valence-electron chi connectivity index (χ3n) is 7.28. The van der Waals surface area contributed by atoms with Gasteiger partial charge in [0.25, 0.3) is 5.91 Å². The molecule has 0 bridgehead atoms. The summed E-state index contributed by atoms with van der Waals surface area (Å²) in [7, 11) is 1.76. The molecule has 3 aliphatic rings. The van der Waals surface area contributed by atoms with E-state index >= 15 is 0 Å². The van der Waals surface area contributed by atoms with Gasteiger partial charge in [0.1, 0.15) is 29.3 Å². The predicted octanol–water partition coefficient (Wildman–Crippen LogP) is 4.22. The molecule has 1 aromatic heterocycles. The zero-order chi connectivity index (χ0) is 26.5. The van der Waals surface area contributed by atoms with Crippen LogP contribution in [0.1, 0.15) is 43.4 Å². The van der Waals surface area contributed by atoms with Crippen LogP contribution in [0.15, 0.2) is 48.9 Å². The second-order valence-electron chi connectivity index (χ2n) is 9.52. The summed E-state index contributed by atoms with van der Waals surface area (Å²) in [4.78, 5) is 33.8. The summed E-state index contributed by atoms with van der Waals surface area (Å²) in [6, 6.07) is 9.25. The average Bonchev–Trinajstić information content (AvgIpc) is 3.07. The van der Waals surface area contributed by atoms with Crippen molar-refractivity contribution < 1.29 is 27.5 Å². The molecule has 2 aromatic rings. The third-order valence-corrected chi connectivity index (χ3v) is 7.28. The number of piperidine rings is 1. The number of alkyl halides is 3. The van der Waals surface area contributed by atoms with E-state index in [4.69, 9.17) is 10.00 Å². The van der Waals surface area contributed by atoms with Crippen molar-refractivity contribution in [2.45, 2.75) is 49.9 Å². The van der Waals surface area contributed by atoms with Gasteiger partial charge in [0.05, 0.1) is 23.9 Å². The Morgan fingerprint density at radius 1 is 1.19 bits per heavy atom. The summed E-state index contributed by atoms with van der Waals surface area (Å²) in [6.45, 7) is 4.67. The highest BCUT2D eigenvalue weighted by atomic mass is 19.4. The van der Waals surface area contributed by atoms with E-state index in [0.29, 0.717) is 37.2 Å². The largest absolute Gasteiger partial charge is 0.490 e. The number of halogens is 3. The van der Waals surface area contributed by atoms with Gasteiger partial charge >= 0.3 is 6.18 Å². The molecule has 192 valence electrons. The number of hydrogen-bond donors (Lipinski definition) is 0. The molecule has 1 unspecified atom stereocenters. The van der Waals surface area contributed by atoms with E-state index in [1.807, 2.05) is 0 Å². The molecule has 1 spiro atoms. The Hall–Kier alpha value is -4.07. The third kappa shape index (κ3) is 4.06. The lowest BCUT2D eigenvalue weighted by Gasteiger charge is -2.43. The van der Waals surface area contributed by atoms with Crippen molar-refractivity contribution in [3.8, 4) is 11.8 Å². The van der Waals surface area contributed by atoms with Crippen LogP contribution in [0.25, 0.3) is 0 Å². The minimum Gasteiger partial charge on any atom is -0.490 e. The van der Waals surface area contributed by atoms with Crippen molar-refractivity contribution in [1.29, 1.82) is 5.26 Å². The molecule has 3 fully saturated rings. The van der Waals surface area contributed by atoms with Crippen LogP contribution in [-0.4, -0.2) is 46.9 Å². The Labute approximate surface area is 211 Å². The van der Waals surface area contributed by atoms with Crippen LogP contribution < -0.4 is 14.5 Å². The lowest BCUT2D eigenvalue weighted by Crippen LogP contribution is -2.54. The maximum absolute atomic E-state index is 13.6. The Morgan fingerprint density at radius 2 is 1.89 bits per heavy atom. The molecule has 0 radical (unpaired) electrons. The number of anilines is 2. The number of aromatic nitrogens is 1. The van der Waals surface area contributed by atoms with Gasteiger partial charge < -0.3 is 14.5 Å². The van der Waals surface area contributed by atoms with E-state index in [2.05, 4.69) is 11.6 Å². The molecule has 1 aromatic carbocycles. The van der Waals surface area contributed by atoms with Crippen molar-refractivity contribution in [2.24, 2.45) is 0 Å². The zero-order valence-corrected chi connectivity index (χ0v) is 20.1. The standard InChI is InChI=1S/C26H24F3N5O3/c1-16-33(18-12-21(26(27,28)29)22(14-30)31-15-18)24(36)25(9-3-10-25)34(16)17-4-6-19(7-5-17)37-20-8-11-32(2)23(35)13-20/h4-7,12,15,20H,1,3,8-11,13H2,2H3. The fourth-order valence-electron chi connectivity index (χ4n) is 5.14. The molecular weight excluding hydrogens is 487 g/mol. The molecule has 11 heteroatoms. The molecule has 2 amide bonds. The van der Waals surface area contributed by atoms with Crippen LogP contribution in [0.5, 0.6) is 5.75 Å². The van der Waals surface area contributed by atoms with Gasteiger partial charge in [0.15, 0.2) is 5.69 Å². The second-order valence-corrected chi connectivity index (χ2v) is 9.52. The number of amides is 2. The van der Waals surface area contributed by atoms with E-state index in [-0.39, 0.29) is 29.4 Å². The number of pyridine rings is 1. The summed E-state index contributed by atoms with van der Waals surface area (Å²) < 4.78 is 46.6. The molecule has 0 N–H and O–H groups in total. The van der Waals surface area contributed by atoms with Crippen molar-refractivity contribution in [3.63, 3.8) is 0 Å². The van der Waals surface area contributed by atoms with Crippen LogP contribution in [0.3, 0.4) is 0 Å². The van der Waals surface area contributed by atoms with Gasteiger partial charge in [-0.3, -0.25) is 14.5 Å². The molecular formula is C26H24F3N5O3. The summed E-state index contributed by atoms with van der Waals surface area (Å²) in [5.74, 6) is 0.429. The molecule has 1 saturated carbocycles. The summed E-state index contributed by atoms with van der Waals surface area (Å²) in [5.41, 5.74) is -2.37. The van der Waals surface area contributed by atoms with Crippen molar-refractivity contribution >= 4 is 23.2 Å². The Bertz CT molecular complexity index is 1310. The molecule has 2 saturated heterocycles. The Morgan fingerprint density at radius 3 is 2.46 bits per heavy atom. The highest BCUT2D eigenvalue weighted by molar-refractivity contribution is 6.10. The second kappa shape index (κ2) is 8.80. The lowest BCUT2D eigenvalue weighted by atomic mass is 9.75. The summed E-state index contributed by atoms with van der Waals surface area (Å²) in [6.07, 6.45) is -1.09. The van der Waals surface area contributed by atoms with E-state index < -0.39 is 23.0 Å². The van der Waals surface area contributed by atoms with E-state index in [1.165, 1.54) is 6.07 Å². The molecule has 2 aliphatic heterocycles. The maximum atomic E-state index is 13.6. The minimum atomic E-state index is -4.81. The van der Waals surface area contributed by atoms with Crippen LogP contribution in [0.4, 0.5) is 24.5 Å². The Kier molecular flexibility index (Phi) is 5.85. The number of likely N-dealkylation sites (tertiary alicyclic amines) is 1. The van der Waals surface area contributed by atoms with Crippen LogP contribution >= 0.6 is 0 Å². The van der Waals surface area contributed by atoms with Gasteiger partial charge in [0, 0.05) is 25.7 Å². The number of rotatable bonds is 4. The van der Waals surface area contributed by atoms with Crippen LogP contribution in [-0.2, 0) is 15.8 Å². The monoisotopic (exact) mass is 511 g/mol. The van der Waals surface area contributed by atoms with E-state index in [9.17, 15) is 22.8 Å². The number of ether oxygens (including phenoxy) is 1. The normalized spacial score (nSPS) is 21.3. The topological polar surface area (TPSA) is 89.8 Å². The molecule has 1 atom stereocenters.